The molecule has 8 nitrogen and oxygen atoms in total. The van der Waals surface area contributed by atoms with Crippen LogP contribution in [0.25, 0.3) is 11.1 Å². The number of sulfonamides is 1. The van der Waals surface area contributed by atoms with Crippen LogP contribution in [0.3, 0.4) is 0 Å². The first-order valence-electron chi connectivity index (χ1n) is 11.2. The summed E-state index contributed by atoms with van der Waals surface area (Å²) in [6.45, 7) is 0.854. The molecule has 0 aliphatic carbocycles. The maximum Gasteiger partial charge on any atom is 0.255 e. The summed E-state index contributed by atoms with van der Waals surface area (Å²) in [5, 5.41) is 2.84. The summed E-state index contributed by atoms with van der Waals surface area (Å²) in [6.07, 6.45) is 1.63. The highest BCUT2D eigenvalue weighted by Gasteiger charge is 2.21. The van der Waals surface area contributed by atoms with E-state index in [1.54, 1.807) is 38.5 Å². The van der Waals surface area contributed by atoms with E-state index >= 15 is 0 Å². The van der Waals surface area contributed by atoms with Gasteiger partial charge in [-0.15, -0.1) is 0 Å². The molecule has 9 heteroatoms. The van der Waals surface area contributed by atoms with Crippen molar-refractivity contribution in [2.24, 2.45) is 0 Å². The van der Waals surface area contributed by atoms with Crippen LogP contribution in [0.15, 0.2) is 71.6 Å². The second kappa shape index (κ2) is 10.9. The van der Waals surface area contributed by atoms with Crippen molar-refractivity contribution in [1.82, 2.24) is 4.72 Å². The van der Waals surface area contributed by atoms with Gasteiger partial charge in [-0.2, -0.15) is 0 Å². The molecule has 1 aliphatic heterocycles. The lowest BCUT2D eigenvalue weighted by molar-refractivity contribution is 0.102. The first-order valence-corrected chi connectivity index (χ1v) is 12.7. The molecule has 0 spiro atoms. The van der Waals surface area contributed by atoms with Crippen LogP contribution < -0.4 is 19.5 Å². The zero-order valence-corrected chi connectivity index (χ0v) is 20.4. The Morgan fingerprint density at radius 1 is 1.03 bits per heavy atom. The average Bonchev–Trinajstić information content (AvgIpc) is 3.41. The van der Waals surface area contributed by atoms with Gasteiger partial charge < -0.3 is 19.5 Å². The van der Waals surface area contributed by atoms with Crippen LogP contribution in [0.5, 0.6) is 11.5 Å². The topological polar surface area (TPSA) is 103 Å². The van der Waals surface area contributed by atoms with Crippen LogP contribution in [0.4, 0.5) is 5.69 Å². The number of methoxy groups -OCH3 is 2. The quantitative estimate of drug-likeness (QED) is 0.463. The fourth-order valence-corrected chi connectivity index (χ4v) is 4.99. The van der Waals surface area contributed by atoms with E-state index in [0.29, 0.717) is 18.0 Å². The van der Waals surface area contributed by atoms with Gasteiger partial charge in [-0.1, -0.05) is 18.2 Å². The molecule has 0 saturated carbocycles. The Morgan fingerprint density at radius 3 is 2.51 bits per heavy atom. The summed E-state index contributed by atoms with van der Waals surface area (Å²) < 4.78 is 44.2. The molecule has 3 aromatic carbocycles. The minimum absolute atomic E-state index is 0.0248. The molecule has 0 aromatic heterocycles. The SMILES string of the molecule is COc1ccc(-c2cc(NC(=O)c3cccc(S(=O)(=O)NC[C@H]4CCCO4)c3)ccc2OC)cc1. The number of carbonyl (C=O) groups is 1. The van der Waals surface area contributed by atoms with E-state index in [-0.39, 0.29) is 23.1 Å². The third-order valence-corrected chi connectivity index (χ3v) is 7.21. The number of rotatable bonds is 9. The lowest BCUT2D eigenvalue weighted by atomic mass is 10.0. The average molecular weight is 497 g/mol. The van der Waals surface area contributed by atoms with Gasteiger partial charge in [0.05, 0.1) is 25.2 Å². The smallest absolute Gasteiger partial charge is 0.255 e. The second-order valence-corrected chi connectivity index (χ2v) is 9.88. The van der Waals surface area contributed by atoms with Gasteiger partial charge in [0.1, 0.15) is 11.5 Å². The molecule has 0 bridgehead atoms. The third-order valence-electron chi connectivity index (χ3n) is 5.79. The van der Waals surface area contributed by atoms with E-state index in [9.17, 15) is 13.2 Å². The second-order valence-electron chi connectivity index (χ2n) is 8.11. The van der Waals surface area contributed by atoms with Crippen molar-refractivity contribution < 1.29 is 27.4 Å². The highest BCUT2D eigenvalue weighted by atomic mass is 32.2. The number of hydrogen-bond acceptors (Lipinski definition) is 6. The van der Waals surface area contributed by atoms with E-state index in [1.165, 1.54) is 12.1 Å². The first kappa shape index (κ1) is 24.7. The Labute approximate surface area is 205 Å². The van der Waals surface area contributed by atoms with E-state index in [0.717, 1.165) is 29.7 Å². The van der Waals surface area contributed by atoms with Crippen LogP contribution in [0.2, 0.25) is 0 Å². The van der Waals surface area contributed by atoms with Crippen LogP contribution >= 0.6 is 0 Å². The predicted octanol–water partition coefficient (Wildman–Crippen LogP) is 4.08. The van der Waals surface area contributed by atoms with Crippen LogP contribution in [0, 0.1) is 0 Å². The minimum atomic E-state index is -3.77. The van der Waals surface area contributed by atoms with Gasteiger partial charge in [-0.25, -0.2) is 13.1 Å². The molecule has 4 rings (SSSR count). The molecular weight excluding hydrogens is 468 g/mol. The first-order chi connectivity index (χ1) is 16.9. The predicted molar refractivity (Wildman–Crippen MR) is 134 cm³/mol. The lowest BCUT2D eigenvalue weighted by Crippen LogP contribution is -2.32. The lowest BCUT2D eigenvalue weighted by Gasteiger charge is -2.13. The number of anilines is 1. The fourth-order valence-electron chi connectivity index (χ4n) is 3.88. The van der Waals surface area contributed by atoms with Crippen molar-refractivity contribution in [3.63, 3.8) is 0 Å². The number of hydrogen-bond donors (Lipinski definition) is 2. The highest BCUT2D eigenvalue weighted by molar-refractivity contribution is 7.89. The van der Waals surface area contributed by atoms with Gasteiger partial charge in [0.2, 0.25) is 10.0 Å². The van der Waals surface area contributed by atoms with E-state index in [1.807, 2.05) is 30.3 Å². The van der Waals surface area contributed by atoms with Crippen molar-refractivity contribution in [1.29, 1.82) is 0 Å². The Hall–Kier alpha value is -3.40. The van der Waals surface area contributed by atoms with E-state index in [4.69, 9.17) is 14.2 Å². The third kappa shape index (κ3) is 6.00. The van der Waals surface area contributed by atoms with Crippen molar-refractivity contribution in [2.75, 3.05) is 32.7 Å². The molecule has 3 aromatic rings. The molecule has 1 heterocycles. The zero-order chi connectivity index (χ0) is 24.8. The van der Waals surface area contributed by atoms with Gasteiger partial charge >= 0.3 is 0 Å². The van der Waals surface area contributed by atoms with Crippen LogP contribution in [-0.2, 0) is 14.8 Å². The number of benzene rings is 3. The standard InChI is InChI=1S/C26H28N2O6S/c1-32-21-11-8-18(9-12-21)24-16-20(10-13-25(24)33-2)28-26(29)19-5-3-7-23(15-19)35(30,31)27-17-22-6-4-14-34-22/h3,5,7-13,15-16,22,27H,4,6,14,17H2,1-2H3,(H,28,29)/t22-/m1/s1. The molecule has 35 heavy (non-hydrogen) atoms. The maximum atomic E-state index is 13.0. The summed E-state index contributed by atoms with van der Waals surface area (Å²) in [6, 6.07) is 18.7. The fraction of sp³-hybridized carbons (Fsp3) is 0.269. The zero-order valence-electron chi connectivity index (χ0n) is 19.6. The van der Waals surface area contributed by atoms with Crippen molar-refractivity contribution >= 4 is 21.6 Å². The van der Waals surface area contributed by atoms with Gasteiger partial charge in [0.25, 0.3) is 5.91 Å². The van der Waals surface area contributed by atoms with Crippen molar-refractivity contribution in [2.45, 2.75) is 23.8 Å². The highest BCUT2D eigenvalue weighted by Crippen LogP contribution is 2.33. The molecule has 1 saturated heterocycles. The molecule has 1 atom stereocenters. The summed E-state index contributed by atoms with van der Waals surface area (Å²) >= 11 is 0. The van der Waals surface area contributed by atoms with Crippen LogP contribution in [0.1, 0.15) is 23.2 Å². The van der Waals surface area contributed by atoms with Gasteiger partial charge in [-0.05, 0) is 66.9 Å². The Morgan fingerprint density at radius 2 is 1.83 bits per heavy atom. The summed E-state index contributed by atoms with van der Waals surface area (Å²) in [4.78, 5) is 13.0. The van der Waals surface area contributed by atoms with Crippen molar-refractivity contribution in [3.05, 3.63) is 72.3 Å². The monoisotopic (exact) mass is 496 g/mol. The molecule has 0 radical (unpaired) electrons. The number of nitrogens with one attached hydrogen (secondary N) is 2. The summed E-state index contributed by atoms with van der Waals surface area (Å²) in [5.74, 6) is 0.961. The number of amides is 1. The molecule has 0 unspecified atom stereocenters. The normalized spacial score (nSPS) is 15.5. The van der Waals surface area contributed by atoms with E-state index in [2.05, 4.69) is 10.0 Å². The molecule has 1 amide bonds. The molecule has 184 valence electrons. The van der Waals surface area contributed by atoms with Gasteiger partial charge in [0, 0.05) is 30.0 Å². The van der Waals surface area contributed by atoms with Crippen molar-refractivity contribution in [3.8, 4) is 22.6 Å². The number of carbonyl (C=O) groups excluding carboxylic acids is 1. The summed E-state index contributed by atoms with van der Waals surface area (Å²) in [5.41, 5.74) is 2.46. The maximum absolute atomic E-state index is 13.0. The molecule has 1 fully saturated rings. The summed E-state index contributed by atoms with van der Waals surface area (Å²) in [7, 11) is -0.585. The van der Waals surface area contributed by atoms with Gasteiger partial charge in [0.15, 0.2) is 0 Å². The number of ether oxygens (including phenoxy) is 3. The van der Waals surface area contributed by atoms with Gasteiger partial charge in [-0.3, -0.25) is 4.79 Å². The Balaban J connectivity index is 1.51. The Bertz CT molecular complexity index is 1290. The minimum Gasteiger partial charge on any atom is -0.497 e. The molecule has 2 N–H and O–H groups in total. The van der Waals surface area contributed by atoms with E-state index < -0.39 is 15.9 Å². The van der Waals surface area contributed by atoms with Crippen LogP contribution in [-0.4, -0.2) is 47.8 Å². The largest absolute Gasteiger partial charge is 0.497 e. The molecular formula is C26H28N2O6S. The Kier molecular flexibility index (Phi) is 7.70. The molecule has 1 aliphatic rings.